The Morgan fingerprint density at radius 3 is 2.15 bits per heavy atom. The first-order valence-corrected chi connectivity index (χ1v) is 8.16. The Bertz CT molecular complexity index is 532. The van der Waals surface area contributed by atoms with Gasteiger partial charge in [0.15, 0.2) is 0 Å². The molecule has 7 heteroatoms. The third-order valence-corrected chi connectivity index (χ3v) is 5.53. The van der Waals surface area contributed by atoms with Crippen LogP contribution in [0.3, 0.4) is 0 Å². The van der Waals surface area contributed by atoms with Crippen molar-refractivity contribution >= 4 is 6.83 Å². The summed E-state index contributed by atoms with van der Waals surface area (Å²) in [4.78, 5) is 4.45. The fourth-order valence-corrected chi connectivity index (χ4v) is 3.21. The van der Waals surface area contributed by atoms with E-state index in [1.165, 1.54) is 7.11 Å². The molecule has 1 aromatic carbocycles. The maximum atomic E-state index is 9.19. The third kappa shape index (κ3) is 3.44. The Morgan fingerprint density at radius 1 is 1.05 bits per heavy atom. The van der Waals surface area contributed by atoms with E-state index in [1.807, 2.05) is 18.2 Å². The average Bonchev–Trinajstić information content (AvgIpc) is 2.52. The third-order valence-electron chi connectivity index (χ3n) is 2.61. The zero-order valence-corrected chi connectivity index (χ0v) is 11.9. The molecule has 0 unspecified atom stereocenters. The first-order chi connectivity index (χ1) is 9.63. The molecule has 0 amide bonds. The molecule has 6 nitrogen and oxygen atoms in total. The van der Waals surface area contributed by atoms with Crippen molar-refractivity contribution in [2.75, 3.05) is 19.9 Å². The van der Waals surface area contributed by atoms with E-state index in [4.69, 9.17) is 9.41 Å². The number of ether oxygens (including phenoxy) is 1. The molecule has 0 bridgehead atoms. The zero-order valence-electron chi connectivity index (χ0n) is 11.0. The molecule has 0 saturated carbocycles. The summed E-state index contributed by atoms with van der Waals surface area (Å²) >= 11 is 0. The standard InChI is InChI=1S/C13H14N3O3P/c1-17-19-20(10-14,11-15,12-16)9-5-8-18-13-6-3-2-4-7-13/h2-4,6-7H,5,8-9H2,1H3. The first-order valence-electron chi connectivity index (χ1n) is 5.82. The summed E-state index contributed by atoms with van der Waals surface area (Å²) in [7, 11) is 1.17. The molecule has 0 spiro atoms. The predicted octanol–water partition coefficient (Wildman–Crippen LogP) is 2.95. The zero-order chi connectivity index (χ0) is 14.9. The van der Waals surface area contributed by atoms with Gasteiger partial charge in [-0.25, -0.2) is 0 Å². The Hall–Kier alpha value is -2.16. The van der Waals surface area contributed by atoms with E-state index < -0.39 is 6.83 Å². The van der Waals surface area contributed by atoms with Crippen LogP contribution in [-0.2, 0) is 9.56 Å². The number of para-hydroxylation sites is 1. The van der Waals surface area contributed by atoms with E-state index in [9.17, 15) is 15.8 Å². The fourth-order valence-electron chi connectivity index (χ4n) is 1.54. The van der Waals surface area contributed by atoms with Crippen LogP contribution < -0.4 is 4.74 Å². The van der Waals surface area contributed by atoms with Crippen molar-refractivity contribution in [1.29, 1.82) is 15.8 Å². The maximum absolute atomic E-state index is 9.19. The van der Waals surface area contributed by atoms with Crippen LogP contribution in [-0.4, -0.2) is 19.9 Å². The van der Waals surface area contributed by atoms with Crippen molar-refractivity contribution < 1.29 is 14.3 Å². The van der Waals surface area contributed by atoms with Crippen molar-refractivity contribution in [2.24, 2.45) is 0 Å². The van der Waals surface area contributed by atoms with E-state index in [0.717, 1.165) is 0 Å². The molecule has 104 valence electrons. The molecule has 0 N–H and O–H groups in total. The van der Waals surface area contributed by atoms with Crippen LogP contribution >= 0.6 is 6.83 Å². The second kappa shape index (κ2) is 6.85. The molecule has 0 aliphatic rings. The SMILES string of the molecule is COOP(C#N)(C#N)(C#N)CCCOc1ccccc1. The second-order valence-electron chi connectivity index (χ2n) is 3.99. The van der Waals surface area contributed by atoms with E-state index >= 15 is 0 Å². The Balaban J connectivity index is 2.64. The molecule has 0 atom stereocenters. The summed E-state index contributed by atoms with van der Waals surface area (Å²) in [5.74, 6) is 5.89. The second-order valence-corrected chi connectivity index (χ2v) is 7.61. The van der Waals surface area contributed by atoms with Crippen LogP contribution in [0.25, 0.3) is 0 Å². The van der Waals surface area contributed by atoms with Gasteiger partial charge in [-0.1, -0.05) is 0 Å². The number of rotatable bonds is 7. The molecule has 0 saturated heterocycles. The summed E-state index contributed by atoms with van der Waals surface area (Å²) in [5, 5.41) is 27.6. The molecule has 1 rings (SSSR count). The van der Waals surface area contributed by atoms with Gasteiger partial charge in [0.1, 0.15) is 0 Å². The van der Waals surface area contributed by atoms with Crippen molar-refractivity contribution in [1.82, 2.24) is 0 Å². The molecule has 0 aliphatic heterocycles. The molecular weight excluding hydrogens is 277 g/mol. The number of hydrogen-bond donors (Lipinski definition) is 0. The van der Waals surface area contributed by atoms with Gasteiger partial charge < -0.3 is 0 Å². The Morgan fingerprint density at radius 2 is 1.65 bits per heavy atom. The van der Waals surface area contributed by atoms with Crippen molar-refractivity contribution in [2.45, 2.75) is 6.42 Å². The van der Waals surface area contributed by atoms with Gasteiger partial charge in [-0.3, -0.25) is 0 Å². The number of nitrogens with zero attached hydrogens (tertiary/aromatic N) is 3. The minimum absolute atomic E-state index is 0.0181. The molecule has 1 aromatic rings. The number of benzene rings is 1. The predicted molar refractivity (Wildman–Crippen MR) is 73.3 cm³/mol. The summed E-state index contributed by atoms with van der Waals surface area (Å²) in [6.07, 6.45) is 0.320. The topological polar surface area (TPSA) is 99.1 Å². The van der Waals surface area contributed by atoms with Crippen LogP contribution in [0.4, 0.5) is 0 Å². The van der Waals surface area contributed by atoms with Crippen molar-refractivity contribution in [3.8, 4) is 23.2 Å². The number of hydrogen-bond acceptors (Lipinski definition) is 6. The number of nitriles is 3. The summed E-state index contributed by atoms with van der Waals surface area (Å²) < 4.78 is 10.3. The molecule has 0 aliphatic carbocycles. The van der Waals surface area contributed by atoms with Crippen LogP contribution in [0.15, 0.2) is 30.3 Å². The summed E-state index contributed by atoms with van der Waals surface area (Å²) in [6.45, 7) is -3.99. The van der Waals surface area contributed by atoms with Gasteiger partial charge in [0.25, 0.3) is 0 Å². The van der Waals surface area contributed by atoms with Crippen LogP contribution in [0.5, 0.6) is 5.75 Å². The summed E-state index contributed by atoms with van der Waals surface area (Å²) in [6, 6.07) is 9.13. The summed E-state index contributed by atoms with van der Waals surface area (Å²) in [5.41, 5.74) is 0. The van der Waals surface area contributed by atoms with Gasteiger partial charge in [0.2, 0.25) is 0 Å². The van der Waals surface area contributed by atoms with Crippen molar-refractivity contribution in [3.05, 3.63) is 30.3 Å². The van der Waals surface area contributed by atoms with Crippen LogP contribution in [0.2, 0.25) is 0 Å². The van der Waals surface area contributed by atoms with Gasteiger partial charge in [-0.05, 0) is 0 Å². The van der Waals surface area contributed by atoms with Crippen LogP contribution in [0, 0.1) is 33.2 Å². The molecule has 0 fully saturated rings. The normalized spacial score (nSPS) is 12.2. The van der Waals surface area contributed by atoms with Crippen LogP contribution in [0.1, 0.15) is 6.42 Å². The molecule has 0 radical (unpaired) electrons. The van der Waals surface area contributed by atoms with Gasteiger partial charge in [-0.15, -0.1) is 0 Å². The monoisotopic (exact) mass is 291 g/mol. The van der Waals surface area contributed by atoms with E-state index in [-0.39, 0.29) is 12.8 Å². The fraction of sp³-hybridized carbons (Fsp3) is 0.308. The molecule has 0 heterocycles. The quantitative estimate of drug-likeness (QED) is 0.331. The van der Waals surface area contributed by atoms with E-state index in [0.29, 0.717) is 12.2 Å². The van der Waals surface area contributed by atoms with Crippen molar-refractivity contribution in [3.63, 3.8) is 0 Å². The molecule has 0 aromatic heterocycles. The van der Waals surface area contributed by atoms with Gasteiger partial charge >= 0.3 is 117 Å². The van der Waals surface area contributed by atoms with E-state index in [1.54, 1.807) is 29.6 Å². The Kier molecular flexibility index (Phi) is 5.44. The van der Waals surface area contributed by atoms with Gasteiger partial charge in [0, 0.05) is 0 Å². The Labute approximate surface area is 117 Å². The average molecular weight is 291 g/mol. The molecule has 20 heavy (non-hydrogen) atoms. The van der Waals surface area contributed by atoms with Gasteiger partial charge in [0.05, 0.1) is 0 Å². The molecular formula is C13H14N3O3P. The van der Waals surface area contributed by atoms with Gasteiger partial charge in [-0.2, -0.15) is 0 Å². The van der Waals surface area contributed by atoms with E-state index in [2.05, 4.69) is 4.89 Å². The minimum atomic E-state index is -4.27. The first kappa shape index (κ1) is 15.9.